The number of hydrogen-bond donors (Lipinski definition) is 2. The van der Waals surface area contributed by atoms with Gasteiger partial charge in [0.25, 0.3) is 0 Å². The van der Waals surface area contributed by atoms with Gasteiger partial charge in [-0.3, -0.25) is 0 Å². The highest BCUT2D eigenvalue weighted by Gasteiger charge is 2.24. The van der Waals surface area contributed by atoms with Crippen molar-refractivity contribution in [2.24, 2.45) is 5.92 Å². The maximum absolute atomic E-state index is 9.97. The molecule has 0 bridgehead atoms. The Morgan fingerprint density at radius 1 is 1.32 bits per heavy atom. The van der Waals surface area contributed by atoms with E-state index in [4.69, 9.17) is 5.73 Å². The van der Waals surface area contributed by atoms with Gasteiger partial charge in [-0.2, -0.15) is 0 Å². The number of aliphatic hydroxyl groups excluding tert-OH is 1. The maximum atomic E-state index is 9.97. The van der Waals surface area contributed by atoms with Crippen LogP contribution in [0.1, 0.15) is 13.3 Å². The van der Waals surface area contributed by atoms with E-state index >= 15 is 0 Å². The van der Waals surface area contributed by atoms with Gasteiger partial charge in [0.1, 0.15) is 5.82 Å². The Bertz CT molecular complexity index is 599. The summed E-state index contributed by atoms with van der Waals surface area (Å²) in [5.41, 5.74) is 7.47. The number of nitrogen functional groups attached to an aromatic ring is 1. The smallest absolute Gasteiger partial charge is 0.129 e. The van der Waals surface area contributed by atoms with E-state index in [9.17, 15) is 5.11 Å². The molecule has 100 valence electrons. The predicted molar refractivity (Wildman–Crippen MR) is 78.2 cm³/mol. The first-order valence-corrected chi connectivity index (χ1v) is 6.73. The lowest BCUT2D eigenvalue weighted by Gasteiger charge is -2.35. The molecule has 0 aliphatic carbocycles. The summed E-state index contributed by atoms with van der Waals surface area (Å²) in [5.74, 6) is 1.31. The number of aliphatic hydroxyl groups is 1. The van der Waals surface area contributed by atoms with Crippen molar-refractivity contribution in [3.05, 3.63) is 30.3 Å². The molecule has 0 radical (unpaired) electrons. The lowest BCUT2D eigenvalue weighted by Crippen LogP contribution is -2.43. The third-order valence-corrected chi connectivity index (χ3v) is 3.94. The van der Waals surface area contributed by atoms with E-state index in [1.165, 1.54) is 0 Å². The zero-order valence-corrected chi connectivity index (χ0v) is 11.1. The van der Waals surface area contributed by atoms with Crippen LogP contribution in [-0.4, -0.2) is 29.3 Å². The molecule has 0 saturated carbocycles. The molecular formula is C15H19N3O. The zero-order chi connectivity index (χ0) is 13.4. The number of nitrogens with zero attached hydrogens (tertiary/aromatic N) is 2. The van der Waals surface area contributed by atoms with Crippen molar-refractivity contribution >= 4 is 22.4 Å². The molecule has 1 fully saturated rings. The normalized spacial score (nSPS) is 23.8. The standard InChI is InChI=1S/C15H19N3O/c1-10-6-7-18(9-14(10)19)15-5-2-11-8-12(16)3-4-13(11)17-15/h2-5,8,10,14,19H,6-7,9,16H2,1H3. The Morgan fingerprint density at radius 3 is 2.95 bits per heavy atom. The van der Waals surface area contributed by atoms with Gasteiger partial charge < -0.3 is 15.7 Å². The fourth-order valence-electron chi connectivity index (χ4n) is 2.57. The van der Waals surface area contributed by atoms with Crippen LogP contribution in [0.25, 0.3) is 10.9 Å². The lowest BCUT2D eigenvalue weighted by atomic mass is 9.96. The van der Waals surface area contributed by atoms with Crippen LogP contribution in [-0.2, 0) is 0 Å². The van der Waals surface area contributed by atoms with Gasteiger partial charge in [0.15, 0.2) is 0 Å². The number of anilines is 2. The maximum Gasteiger partial charge on any atom is 0.129 e. The molecule has 1 aromatic carbocycles. The van der Waals surface area contributed by atoms with Crippen LogP contribution in [0, 0.1) is 5.92 Å². The summed E-state index contributed by atoms with van der Waals surface area (Å²) >= 11 is 0. The summed E-state index contributed by atoms with van der Waals surface area (Å²) in [5, 5.41) is 11.0. The number of benzene rings is 1. The molecular weight excluding hydrogens is 238 g/mol. The molecule has 3 rings (SSSR count). The number of aromatic nitrogens is 1. The van der Waals surface area contributed by atoms with Crippen molar-refractivity contribution in [2.45, 2.75) is 19.4 Å². The molecule has 1 aliphatic heterocycles. The predicted octanol–water partition coefficient (Wildman–Crippen LogP) is 2.02. The van der Waals surface area contributed by atoms with Crippen LogP contribution < -0.4 is 10.6 Å². The van der Waals surface area contributed by atoms with Crippen LogP contribution in [0.15, 0.2) is 30.3 Å². The minimum absolute atomic E-state index is 0.266. The second-order valence-electron chi connectivity index (χ2n) is 5.40. The van der Waals surface area contributed by atoms with Crippen molar-refractivity contribution in [3.8, 4) is 0 Å². The number of nitrogens with two attached hydrogens (primary N) is 1. The summed E-state index contributed by atoms with van der Waals surface area (Å²) in [6, 6.07) is 9.78. The molecule has 4 nitrogen and oxygen atoms in total. The highest BCUT2D eigenvalue weighted by atomic mass is 16.3. The number of β-amino-alcohol motifs (C(OH)–C–C–N with tert-alkyl or cyclic N) is 1. The summed E-state index contributed by atoms with van der Waals surface area (Å²) in [6.07, 6.45) is 0.737. The highest BCUT2D eigenvalue weighted by molar-refractivity contribution is 5.83. The number of piperidine rings is 1. The fraction of sp³-hybridized carbons (Fsp3) is 0.400. The molecule has 2 unspecified atom stereocenters. The molecule has 3 N–H and O–H groups in total. The molecule has 2 aromatic rings. The van der Waals surface area contributed by atoms with E-state index < -0.39 is 0 Å². The van der Waals surface area contributed by atoms with Gasteiger partial charge >= 0.3 is 0 Å². The number of pyridine rings is 1. The SMILES string of the molecule is CC1CCN(c2ccc3cc(N)ccc3n2)CC1O. The summed E-state index contributed by atoms with van der Waals surface area (Å²) in [7, 11) is 0. The van der Waals surface area contributed by atoms with Gasteiger partial charge in [0.05, 0.1) is 11.6 Å². The first kappa shape index (κ1) is 12.2. The van der Waals surface area contributed by atoms with E-state index in [1.807, 2.05) is 30.3 Å². The monoisotopic (exact) mass is 257 g/mol. The Morgan fingerprint density at radius 2 is 2.16 bits per heavy atom. The number of rotatable bonds is 1. The van der Waals surface area contributed by atoms with Crippen LogP contribution in [0.3, 0.4) is 0 Å². The minimum Gasteiger partial charge on any atom is -0.399 e. The molecule has 0 spiro atoms. The quantitative estimate of drug-likeness (QED) is 0.767. The van der Waals surface area contributed by atoms with E-state index in [1.54, 1.807) is 0 Å². The molecule has 1 aliphatic rings. The Hall–Kier alpha value is -1.81. The van der Waals surface area contributed by atoms with Gasteiger partial charge in [-0.15, -0.1) is 0 Å². The van der Waals surface area contributed by atoms with Gasteiger partial charge in [-0.25, -0.2) is 4.98 Å². The van der Waals surface area contributed by atoms with Crippen LogP contribution in [0.4, 0.5) is 11.5 Å². The second kappa shape index (κ2) is 4.70. The van der Waals surface area contributed by atoms with Gasteiger partial charge in [0.2, 0.25) is 0 Å². The van der Waals surface area contributed by atoms with Crippen molar-refractivity contribution in [1.29, 1.82) is 0 Å². The van der Waals surface area contributed by atoms with E-state index in [0.29, 0.717) is 12.5 Å². The Balaban J connectivity index is 1.91. The third kappa shape index (κ3) is 2.36. The van der Waals surface area contributed by atoms with Gasteiger partial charge in [0, 0.05) is 24.2 Å². The first-order valence-electron chi connectivity index (χ1n) is 6.73. The molecule has 1 aromatic heterocycles. The van der Waals surface area contributed by atoms with Crippen LogP contribution >= 0.6 is 0 Å². The average Bonchev–Trinajstić information content (AvgIpc) is 2.41. The summed E-state index contributed by atoms with van der Waals surface area (Å²) in [6.45, 7) is 3.71. The molecule has 2 atom stereocenters. The zero-order valence-electron chi connectivity index (χ0n) is 11.1. The molecule has 19 heavy (non-hydrogen) atoms. The van der Waals surface area contributed by atoms with Crippen molar-refractivity contribution in [2.75, 3.05) is 23.7 Å². The third-order valence-electron chi connectivity index (χ3n) is 3.94. The van der Waals surface area contributed by atoms with Crippen molar-refractivity contribution in [3.63, 3.8) is 0 Å². The minimum atomic E-state index is -0.266. The largest absolute Gasteiger partial charge is 0.399 e. The fourth-order valence-corrected chi connectivity index (χ4v) is 2.57. The topological polar surface area (TPSA) is 62.4 Å². The Labute approximate surface area is 112 Å². The number of fused-ring (bicyclic) bond motifs is 1. The molecule has 2 heterocycles. The van der Waals surface area contributed by atoms with E-state index in [2.05, 4.69) is 16.8 Å². The molecule has 0 amide bonds. The first-order chi connectivity index (χ1) is 9.13. The summed E-state index contributed by atoms with van der Waals surface area (Å²) < 4.78 is 0. The lowest BCUT2D eigenvalue weighted by molar-refractivity contribution is 0.102. The number of hydrogen-bond acceptors (Lipinski definition) is 4. The van der Waals surface area contributed by atoms with Crippen molar-refractivity contribution < 1.29 is 5.11 Å². The van der Waals surface area contributed by atoms with Crippen LogP contribution in [0.2, 0.25) is 0 Å². The van der Waals surface area contributed by atoms with Gasteiger partial charge in [-0.1, -0.05) is 6.92 Å². The van der Waals surface area contributed by atoms with Gasteiger partial charge in [-0.05, 0) is 42.7 Å². The van der Waals surface area contributed by atoms with Crippen molar-refractivity contribution in [1.82, 2.24) is 4.98 Å². The molecule has 4 heteroatoms. The molecule has 1 saturated heterocycles. The van der Waals surface area contributed by atoms with E-state index in [0.717, 1.165) is 35.4 Å². The van der Waals surface area contributed by atoms with E-state index in [-0.39, 0.29) is 6.10 Å². The second-order valence-corrected chi connectivity index (χ2v) is 5.40. The summed E-state index contributed by atoms with van der Waals surface area (Å²) in [4.78, 5) is 6.81. The highest BCUT2D eigenvalue weighted by Crippen LogP contribution is 2.24. The Kier molecular flexibility index (Phi) is 3.03. The van der Waals surface area contributed by atoms with Crippen LogP contribution in [0.5, 0.6) is 0 Å². The average molecular weight is 257 g/mol.